The standard InChI is InChI=1S/C26H53NO2.K/c1-5-9-11-13-15-17-19-24(7-3)21-27(23-26(28)29)22-25(8-4)20-18-16-14-12-10-6-2;/h24-25H,5-23H2,1-4H3,(H,28,29);/q;+1/p-1. The summed E-state index contributed by atoms with van der Waals surface area (Å²) in [5.74, 6) is 0.313. The third kappa shape index (κ3) is 20.9. The molecule has 30 heavy (non-hydrogen) atoms. The Bertz CT molecular complexity index is 339. The molecule has 0 saturated carbocycles. The number of nitrogens with zero attached hydrogens (tertiary/aromatic N) is 1. The Morgan fingerprint density at radius 3 is 1.37 bits per heavy atom. The molecule has 0 aliphatic carbocycles. The van der Waals surface area contributed by atoms with E-state index in [4.69, 9.17) is 0 Å². The molecule has 0 aliphatic rings. The molecule has 2 atom stereocenters. The average molecular weight is 450 g/mol. The maximum absolute atomic E-state index is 11.3. The molecule has 0 rings (SSSR count). The van der Waals surface area contributed by atoms with Gasteiger partial charge >= 0.3 is 51.4 Å². The summed E-state index contributed by atoms with van der Waals surface area (Å²) >= 11 is 0. The van der Waals surface area contributed by atoms with Crippen LogP contribution in [-0.4, -0.2) is 30.5 Å². The van der Waals surface area contributed by atoms with Gasteiger partial charge in [-0.05, 0) is 24.7 Å². The van der Waals surface area contributed by atoms with E-state index in [-0.39, 0.29) is 57.9 Å². The van der Waals surface area contributed by atoms with E-state index in [0.717, 1.165) is 25.9 Å². The van der Waals surface area contributed by atoms with Crippen LogP contribution in [0.15, 0.2) is 0 Å². The molecule has 0 amide bonds. The Balaban J connectivity index is 0. The molecule has 0 radical (unpaired) electrons. The molecule has 0 fully saturated rings. The van der Waals surface area contributed by atoms with Crippen LogP contribution in [0.4, 0.5) is 0 Å². The molecular weight excluding hydrogens is 397 g/mol. The van der Waals surface area contributed by atoms with Crippen LogP contribution in [-0.2, 0) is 4.79 Å². The number of carboxylic acid groups (broad SMARTS) is 1. The van der Waals surface area contributed by atoms with Crippen molar-refractivity contribution in [1.82, 2.24) is 4.90 Å². The molecule has 3 nitrogen and oxygen atoms in total. The van der Waals surface area contributed by atoms with E-state index < -0.39 is 5.97 Å². The van der Waals surface area contributed by atoms with Crippen molar-refractivity contribution in [1.29, 1.82) is 0 Å². The Morgan fingerprint density at radius 1 is 0.667 bits per heavy atom. The third-order valence-corrected chi connectivity index (χ3v) is 6.47. The minimum Gasteiger partial charge on any atom is -0.549 e. The Morgan fingerprint density at radius 2 is 1.03 bits per heavy atom. The molecule has 4 heteroatoms. The van der Waals surface area contributed by atoms with Crippen LogP contribution in [0, 0.1) is 11.8 Å². The quantitative estimate of drug-likeness (QED) is 0.187. The van der Waals surface area contributed by atoms with Gasteiger partial charge in [-0.25, -0.2) is 0 Å². The van der Waals surface area contributed by atoms with Crippen molar-refractivity contribution >= 4 is 5.97 Å². The van der Waals surface area contributed by atoms with Gasteiger partial charge in [0, 0.05) is 19.6 Å². The largest absolute Gasteiger partial charge is 1.00 e. The third-order valence-electron chi connectivity index (χ3n) is 6.47. The predicted molar refractivity (Wildman–Crippen MR) is 125 cm³/mol. The molecule has 2 unspecified atom stereocenters. The van der Waals surface area contributed by atoms with Gasteiger partial charge in [0.2, 0.25) is 0 Å². The van der Waals surface area contributed by atoms with Gasteiger partial charge in [-0.3, -0.25) is 4.90 Å². The molecule has 0 spiro atoms. The number of unbranched alkanes of at least 4 members (excludes halogenated alkanes) is 10. The summed E-state index contributed by atoms with van der Waals surface area (Å²) < 4.78 is 0. The second-order valence-corrected chi connectivity index (χ2v) is 9.23. The van der Waals surface area contributed by atoms with Crippen LogP contribution in [0.5, 0.6) is 0 Å². The summed E-state index contributed by atoms with van der Waals surface area (Å²) in [6.45, 7) is 11.0. The zero-order valence-corrected chi connectivity index (χ0v) is 24.5. The summed E-state index contributed by atoms with van der Waals surface area (Å²) in [5.41, 5.74) is 0. The first kappa shape index (κ1) is 33.2. The molecule has 0 N–H and O–H groups in total. The maximum Gasteiger partial charge on any atom is 1.00 e. The number of carbonyl (C=O) groups excluding carboxylic acids is 1. The molecule has 0 aromatic rings. The van der Waals surface area contributed by atoms with Crippen molar-refractivity contribution in [3.63, 3.8) is 0 Å². The van der Waals surface area contributed by atoms with Crippen molar-refractivity contribution in [2.24, 2.45) is 11.8 Å². The van der Waals surface area contributed by atoms with Gasteiger partial charge in [0.15, 0.2) is 0 Å². The molecule has 0 bridgehead atoms. The van der Waals surface area contributed by atoms with Crippen LogP contribution < -0.4 is 56.5 Å². The molecule has 0 aromatic carbocycles. The molecule has 0 aromatic heterocycles. The van der Waals surface area contributed by atoms with E-state index in [0.29, 0.717) is 11.8 Å². The van der Waals surface area contributed by atoms with Crippen molar-refractivity contribution < 1.29 is 61.3 Å². The zero-order chi connectivity index (χ0) is 21.7. The fraction of sp³-hybridized carbons (Fsp3) is 0.962. The van der Waals surface area contributed by atoms with Crippen LogP contribution in [0.25, 0.3) is 0 Å². The van der Waals surface area contributed by atoms with E-state index in [9.17, 15) is 9.90 Å². The summed E-state index contributed by atoms with van der Waals surface area (Å²) in [4.78, 5) is 13.5. The van der Waals surface area contributed by atoms with Gasteiger partial charge in [-0.15, -0.1) is 0 Å². The van der Waals surface area contributed by atoms with Crippen LogP contribution in [0.1, 0.15) is 130 Å². The normalized spacial score (nSPS) is 13.2. The minimum absolute atomic E-state index is 0. The van der Waals surface area contributed by atoms with E-state index in [1.807, 2.05) is 0 Å². The first-order chi connectivity index (χ1) is 14.1. The number of carboxylic acids is 1. The number of hydrogen-bond acceptors (Lipinski definition) is 3. The van der Waals surface area contributed by atoms with Gasteiger partial charge in [0.1, 0.15) is 0 Å². The maximum atomic E-state index is 11.3. The number of rotatable bonds is 22. The van der Waals surface area contributed by atoms with Crippen molar-refractivity contribution in [2.45, 2.75) is 130 Å². The molecule has 0 saturated heterocycles. The zero-order valence-electron chi connectivity index (χ0n) is 21.4. The summed E-state index contributed by atoms with van der Waals surface area (Å²) in [5, 5.41) is 11.3. The summed E-state index contributed by atoms with van der Waals surface area (Å²) in [6, 6.07) is 0. The van der Waals surface area contributed by atoms with E-state index >= 15 is 0 Å². The van der Waals surface area contributed by atoms with Gasteiger partial charge in [0.05, 0.1) is 5.97 Å². The SMILES string of the molecule is CCCCCCCCC(CC)CN(CC(=O)[O-])CC(CC)CCCCCCCC.[K+]. The minimum atomic E-state index is -0.922. The molecule has 0 aliphatic heterocycles. The van der Waals surface area contributed by atoms with Crippen LogP contribution in [0.2, 0.25) is 0 Å². The molecular formula is C26H52KNO2. The Labute approximate surface area is 232 Å². The first-order valence-electron chi connectivity index (χ1n) is 13.0. The van der Waals surface area contributed by atoms with Gasteiger partial charge in [-0.2, -0.15) is 0 Å². The topological polar surface area (TPSA) is 43.4 Å². The van der Waals surface area contributed by atoms with E-state index in [2.05, 4.69) is 32.6 Å². The first-order valence-corrected chi connectivity index (χ1v) is 13.0. The molecule has 174 valence electrons. The van der Waals surface area contributed by atoms with Crippen LogP contribution >= 0.6 is 0 Å². The van der Waals surface area contributed by atoms with Crippen molar-refractivity contribution in [2.75, 3.05) is 19.6 Å². The number of carbonyl (C=O) groups is 1. The van der Waals surface area contributed by atoms with Crippen LogP contribution in [0.3, 0.4) is 0 Å². The summed E-state index contributed by atoms with van der Waals surface area (Å²) in [6.07, 6.45) is 20.7. The monoisotopic (exact) mass is 449 g/mol. The van der Waals surface area contributed by atoms with E-state index in [1.54, 1.807) is 0 Å². The van der Waals surface area contributed by atoms with Gasteiger partial charge < -0.3 is 9.90 Å². The molecule has 0 heterocycles. The fourth-order valence-electron chi connectivity index (χ4n) is 4.39. The Hall–Kier alpha value is 1.07. The van der Waals surface area contributed by atoms with Crippen molar-refractivity contribution in [3.8, 4) is 0 Å². The van der Waals surface area contributed by atoms with Crippen molar-refractivity contribution in [3.05, 3.63) is 0 Å². The Kier molecular flexibility index (Phi) is 27.4. The van der Waals surface area contributed by atoms with Gasteiger partial charge in [-0.1, -0.05) is 118 Å². The second kappa shape index (κ2) is 24.7. The average Bonchev–Trinajstić information content (AvgIpc) is 2.70. The summed E-state index contributed by atoms with van der Waals surface area (Å²) in [7, 11) is 0. The number of aliphatic carboxylic acids is 1. The number of hydrogen-bond donors (Lipinski definition) is 0. The van der Waals surface area contributed by atoms with E-state index in [1.165, 1.54) is 89.9 Å². The second-order valence-electron chi connectivity index (χ2n) is 9.23. The van der Waals surface area contributed by atoms with Gasteiger partial charge in [0.25, 0.3) is 0 Å². The fourth-order valence-corrected chi connectivity index (χ4v) is 4.39. The smallest absolute Gasteiger partial charge is 0.549 e. The predicted octanol–water partition coefficient (Wildman–Crippen LogP) is 3.60.